The molecule has 2 rings (SSSR count). The Kier molecular flexibility index (Phi) is 4.30. The van der Waals surface area contributed by atoms with Crippen LogP contribution in [0.4, 0.5) is 5.69 Å². The number of carbonyl (C=O) groups is 1. The van der Waals surface area contributed by atoms with Crippen LogP contribution in [-0.4, -0.2) is 16.0 Å². The van der Waals surface area contributed by atoms with Crippen LogP contribution < -0.4 is 4.74 Å². The van der Waals surface area contributed by atoms with Crippen LogP contribution in [0.1, 0.15) is 10.4 Å². The fourth-order valence-electron chi connectivity index (χ4n) is 1.60. The molecule has 0 amide bonds. The number of carboxylic acid groups (broad SMARTS) is 1. The lowest BCUT2D eigenvalue weighted by Gasteiger charge is -2.09. The Morgan fingerprint density at radius 2 is 1.67 bits per heavy atom. The number of ether oxygens (including phenoxy) is 1. The molecular weight excluding hydrogens is 321 g/mol. The Morgan fingerprint density at radius 1 is 1.10 bits per heavy atom. The fourth-order valence-corrected chi connectivity index (χ4v) is 1.93. The molecule has 0 saturated heterocycles. The molecule has 0 atom stereocenters. The topological polar surface area (TPSA) is 89.7 Å². The molecule has 0 saturated carbocycles. The van der Waals surface area contributed by atoms with E-state index in [0.717, 1.165) is 6.07 Å². The molecule has 0 bridgehead atoms. The van der Waals surface area contributed by atoms with Crippen LogP contribution in [0.15, 0.2) is 36.4 Å². The van der Waals surface area contributed by atoms with Crippen LogP contribution >= 0.6 is 23.2 Å². The maximum absolute atomic E-state index is 11.1. The van der Waals surface area contributed by atoms with E-state index >= 15 is 0 Å². The van der Waals surface area contributed by atoms with E-state index in [2.05, 4.69) is 0 Å². The predicted octanol–water partition coefficient (Wildman–Crippen LogP) is 4.39. The second kappa shape index (κ2) is 5.99. The summed E-state index contributed by atoms with van der Waals surface area (Å²) in [6, 6.07) is 7.75. The number of nitrogens with zero attached hydrogens (tertiary/aromatic N) is 1. The molecule has 0 radical (unpaired) electrons. The van der Waals surface area contributed by atoms with E-state index in [0.29, 0.717) is 0 Å². The molecule has 2 aromatic carbocycles. The van der Waals surface area contributed by atoms with Crippen molar-refractivity contribution >= 4 is 34.9 Å². The Bertz CT molecular complexity index is 671. The SMILES string of the molecule is O=C(O)c1cc(Cl)ccc1Oc1ccc(Cl)cc1[N+](=O)[O-]. The minimum absolute atomic E-state index is 0.0580. The number of rotatable bonds is 4. The lowest BCUT2D eigenvalue weighted by molar-refractivity contribution is -0.385. The Morgan fingerprint density at radius 3 is 2.24 bits per heavy atom. The first-order chi connectivity index (χ1) is 9.88. The van der Waals surface area contributed by atoms with E-state index in [4.69, 9.17) is 33.0 Å². The van der Waals surface area contributed by atoms with E-state index in [1.807, 2.05) is 0 Å². The van der Waals surface area contributed by atoms with Gasteiger partial charge in [-0.05, 0) is 30.3 Å². The third-order valence-electron chi connectivity index (χ3n) is 2.51. The van der Waals surface area contributed by atoms with Crippen molar-refractivity contribution < 1.29 is 19.6 Å². The zero-order valence-electron chi connectivity index (χ0n) is 10.2. The standard InChI is InChI=1S/C13H7Cl2NO5/c14-7-1-3-11(9(5-7)13(17)18)21-12-4-2-8(15)6-10(12)16(19)20/h1-6H,(H,17,18). The minimum Gasteiger partial charge on any atom is -0.478 e. The second-order valence-corrected chi connectivity index (χ2v) is 4.79. The Hall–Kier alpha value is -2.31. The molecule has 2 aromatic rings. The number of aromatic carboxylic acids is 1. The molecule has 1 N–H and O–H groups in total. The zero-order valence-corrected chi connectivity index (χ0v) is 11.8. The molecule has 108 valence electrons. The lowest BCUT2D eigenvalue weighted by Crippen LogP contribution is -2.01. The molecule has 0 aliphatic rings. The maximum atomic E-state index is 11.1. The minimum atomic E-state index is -1.26. The third kappa shape index (κ3) is 3.42. The van der Waals surface area contributed by atoms with Crippen LogP contribution in [-0.2, 0) is 0 Å². The third-order valence-corrected chi connectivity index (χ3v) is 2.98. The largest absolute Gasteiger partial charge is 0.478 e. The van der Waals surface area contributed by atoms with Crippen LogP contribution in [0.3, 0.4) is 0 Å². The summed E-state index contributed by atoms with van der Waals surface area (Å²) >= 11 is 11.4. The van der Waals surface area contributed by atoms with Gasteiger partial charge in [-0.2, -0.15) is 0 Å². The number of nitro benzene ring substituents is 1. The molecule has 0 spiro atoms. The summed E-state index contributed by atoms with van der Waals surface area (Å²) in [4.78, 5) is 21.4. The second-order valence-electron chi connectivity index (χ2n) is 3.92. The number of nitro groups is 1. The molecule has 8 heteroatoms. The number of hydrogen-bond donors (Lipinski definition) is 1. The smallest absolute Gasteiger partial charge is 0.339 e. The summed E-state index contributed by atoms with van der Waals surface area (Å²) in [6.07, 6.45) is 0. The van der Waals surface area contributed by atoms with Crippen LogP contribution in [0.5, 0.6) is 11.5 Å². The highest BCUT2D eigenvalue weighted by Crippen LogP contribution is 2.35. The van der Waals surface area contributed by atoms with Gasteiger partial charge in [-0.15, -0.1) is 0 Å². The van der Waals surface area contributed by atoms with Crippen LogP contribution in [0.2, 0.25) is 10.0 Å². The maximum Gasteiger partial charge on any atom is 0.339 e. The molecule has 0 aliphatic heterocycles. The molecule has 6 nitrogen and oxygen atoms in total. The highest BCUT2D eigenvalue weighted by Gasteiger charge is 2.19. The first kappa shape index (κ1) is 15.1. The molecular formula is C13H7Cl2NO5. The van der Waals surface area contributed by atoms with Crippen molar-refractivity contribution in [1.82, 2.24) is 0 Å². The number of carboxylic acids is 1. The lowest BCUT2D eigenvalue weighted by atomic mass is 10.2. The molecule has 0 fully saturated rings. The summed E-state index contributed by atoms with van der Waals surface area (Å²) in [7, 11) is 0. The highest BCUT2D eigenvalue weighted by atomic mass is 35.5. The Balaban J connectivity index is 2.48. The monoisotopic (exact) mass is 327 g/mol. The normalized spacial score (nSPS) is 10.2. The van der Waals surface area contributed by atoms with Gasteiger partial charge in [0.15, 0.2) is 0 Å². The molecule has 0 unspecified atom stereocenters. The van der Waals surface area contributed by atoms with Gasteiger partial charge >= 0.3 is 11.7 Å². The molecule has 0 aromatic heterocycles. The first-order valence-corrected chi connectivity index (χ1v) is 6.28. The van der Waals surface area contributed by atoms with E-state index in [1.54, 1.807) is 0 Å². The van der Waals surface area contributed by atoms with Crippen molar-refractivity contribution in [2.75, 3.05) is 0 Å². The van der Waals surface area contributed by atoms with Crippen molar-refractivity contribution in [3.63, 3.8) is 0 Å². The number of hydrogen-bond acceptors (Lipinski definition) is 4. The quantitative estimate of drug-likeness (QED) is 0.664. The van der Waals surface area contributed by atoms with Gasteiger partial charge < -0.3 is 9.84 Å². The van der Waals surface area contributed by atoms with Gasteiger partial charge in [0.25, 0.3) is 0 Å². The van der Waals surface area contributed by atoms with E-state index in [9.17, 15) is 14.9 Å². The number of halogens is 2. The van der Waals surface area contributed by atoms with Gasteiger partial charge in [0, 0.05) is 16.1 Å². The average molecular weight is 328 g/mol. The summed E-state index contributed by atoms with van der Waals surface area (Å²) in [6.45, 7) is 0. The van der Waals surface area contributed by atoms with Gasteiger partial charge in [0.05, 0.1) is 4.92 Å². The van der Waals surface area contributed by atoms with Gasteiger partial charge in [0.1, 0.15) is 11.3 Å². The van der Waals surface area contributed by atoms with Crippen molar-refractivity contribution in [3.8, 4) is 11.5 Å². The van der Waals surface area contributed by atoms with Crippen LogP contribution in [0.25, 0.3) is 0 Å². The van der Waals surface area contributed by atoms with Gasteiger partial charge in [-0.3, -0.25) is 10.1 Å². The van der Waals surface area contributed by atoms with Crippen LogP contribution in [0, 0.1) is 10.1 Å². The van der Waals surface area contributed by atoms with E-state index < -0.39 is 10.9 Å². The molecule has 0 heterocycles. The zero-order chi connectivity index (χ0) is 15.6. The number of benzene rings is 2. The van der Waals surface area contributed by atoms with Gasteiger partial charge in [0.2, 0.25) is 5.75 Å². The summed E-state index contributed by atoms with van der Waals surface area (Å²) in [5.41, 5.74) is -0.569. The van der Waals surface area contributed by atoms with Gasteiger partial charge in [-0.25, -0.2) is 4.79 Å². The van der Waals surface area contributed by atoms with Crippen molar-refractivity contribution in [2.45, 2.75) is 0 Å². The summed E-state index contributed by atoms with van der Waals surface area (Å²) < 4.78 is 5.33. The van der Waals surface area contributed by atoms with Crippen molar-refractivity contribution in [2.24, 2.45) is 0 Å². The molecule has 21 heavy (non-hydrogen) atoms. The first-order valence-electron chi connectivity index (χ1n) is 5.53. The predicted molar refractivity (Wildman–Crippen MR) is 76.6 cm³/mol. The van der Waals surface area contributed by atoms with Crippen molar-refractivity contribution in [1.29, 1.82) is 0 Å². The van der Waals surface area contributed by atoms with Crippen molar-refractivity contribution in [3.05, 3.63) is 62.1 Å². The highest BCUT2D eigenvalue weighted by molar-refractivity contribution is 6.31. The Labute approximate surface area is 128 Å². The van der Waals surface area contributed by atoms with E-state index in [1.165, 1.54) is 30.3 Å². The average Bonchev–Trinajstić information content (AvgIpc) is 2.42. The summed E-state index contributed by atoms with van der Waals surface area (Å²) in [5.74, 6) is -1.43. The van der Waals surface area contributed by atoms with E-state index in [-0.39, 0.29) is 32.8 Å². The van der Waals surface area contributed by atoms with Gasteiger partial charge in [-0.1, -0.05) is 23.2 Å². The summed E-state index contributed by atoms with van der Waals surface area (Å²) in [5, 5.41) is 20.4. The fraction of sp³-hybridized carbons (Fsp3) is 0. The molecule has 0 aliphatic carbocycles.